The number of fused-ring (bicyclic) bond motifs is 1. The standard InChI is InChI=1S/C35H47N5O4/c1-35(2,3)25-19-26(37-33(42)22-14-15-22)32(44-6)27(20-25)38-34(43)29-18-23-10-7-11-24(31(23)40(29)5)21-36-16-8-13-30(41)28-12-9-17-39(28)4/h7,10-11,18-20,22,28,36H,8-9,12-17,21H2,1-6H3,(H,37,42)(H,38,43)/t28-/m0/s1. The maximum absolute atomic E-state index is 13.8. The number of ether oxygens (including phenoxy) is 1. The van der Waals surface area contributed by atoms with Gasteiger partial charge in [0.2, 0.25) is 5.91 Å². The van der Waals surface area contributed by atoms with E-state index in [2.05, 4.69) is 47.7 Å². The highest BCUT2D eigenvalue weighted by atomic mass is 16.5. The molecule has 44 heavy (non-hydrogen) atoms. The number of methoxy groups -OCH3 is 1. The Hall–Kier alpha value is -3.69. The van der Waals surface area contributed by atoms with E-state index in [0.717, 1.165) is 67.2 Å². The summed E-state index contributed by atoms with van der Waals surface area (Å²) in [6, 6.07) is 11.9. The van der Waals surface area contributed by atoms with Gasteiger partial charge < -0.3 is 25.3 Å². The van der Waals surface area contributed by atoms with Crippen LogP contribution in [0.5, 0.6) is 5.75 Å². The molecule has 2 fully saturated rings. The van der Waals surface area contributed by atoms with Gasteiger partial charge in [-0.25, -0.2) is 0 Å². The third-order valence-corrected chi connectivity index (χ3v) is 8.97. The van der Waals surface area contributed by atoms with Crippen molar-refractivity contribution in [3.8, 4) is 5.75 Å². The second-order valence-corrected chi connectivity index (χ2v) is 13.4. The highest BCUT2D eigenvalue weighted by molar-refractivity contribution is 6.08. The van der Waals surface area contributed by atoms with Gasteiger partial charge in [-0.2, -0.15) is 0 Å². The van der Waals surface area contributed by atoms with Crippen LogP contribution in [0.3, 0.4) is 0 Å². The summed E-state index contributed by atoms with van der Waals surface area (Å²) in [5.41, 5.74) is 4.43. The first-order valence-electron chi connectivity index (χ1n) is 15.8. The molecule has 1 aliphatic carbocycles. The fourth-order valence-corrected chi connectivity index (χ4v) is 6.19. The number of aryl methyl sites for hydroxylation is 1. The molecule has 1 aromatic heterocycles. The molecule has 2 amide bonds. The average molecular weight is 602 g/mol. The highest BCUT2D eigenvalue weighted by Gasteiger charge is 2.31. The maximum Gasteiger partial charge on any atom is 0.272 e. The van der Waals surface area contributed by atoms with Crippen molar-refractivity contribution in [1.29, 1.82) is 0 Å². The van der Waals surface area contributed by atoms with E-state index in [1.165, 1.54) is 0 Å². The molecule has 2 aliphatic rings. The normalized spacial score (nSPS) is 17.2. The Morgan fingerprint density at radius 1 is 1.00 bits per heavy atom. The Bertz CT molecular complexity index is 1550. The lowest BCUT2D eigenvalue weighted by atomic mass is 9.86. The van der Waals surface area contributed by atoms with Crippen molar-refractivity contribution in [3.05, 3.63) is 53.2 Å². The van der Waals surface area contributed by atoms with Gasteiger partial charge in [0, 0.05) is 31.3 Å². The van der Waals surface area contributed by atoms with Gasteiger partial charge in [0.15, 0.2) is 5.75 Å². The summed E-state index contributed by atoms with van der Waals surface area (Å²) in [5, 5.41) is 10.6. The SMILES string of the molecule is COc1c(NC(=O)c2cc3cccc(CNCCCC(=O)[C@@H]4CCCN4C)c3n2C)cc(C(C)(C)C)cc1NC(=O)C1CC1. The molecule has 2 heterocycles. The summed E-state index contributed by atoms with van der Waals surface area (Å²) in [6.07, 6.45) is 5.26. The highest BCUT2D eigenvalue weighted by Crippen LogP contribution is 2.40. The van der Waals surface area contributed by atoms with Crippen molar-refractivity contribution in [2.45, 2.75) is 77.3 Å². The smallest absolute Gasteiger partial charge is 0.272 e. The number of likely N-dealkylation sites (tertiary alicyclic amines) is 1. The minimum atomic E-state index is -0.262. The van der Waals surface area contributed by atoms with Crippen molar-refractivity contribution >= 4 is 39.9 Å². The van der Waals surface area contributed by atoms with E-state index in [9.17, 15) is 14.4 Å². The van der Waals surface area contributed by atoms with E-state index in [-0.39, 0.29) is 29.2 Å². The number of ketones is 1. The number of carbonyl (C=O) groups excluding carboxylic acids is 3. The third kappa shape index (κ3) is 7.00. The van der Waals surface area contributed by atoms with Gasteiger partial charge in [0.25, 0.3) is 5.91 Å². The number of rotatable bonds is 12. The van der Waals surface area contributed by atoms with Crippen LogP contribution in [0.15, 0.2) is 36.4 Å². The zero-order valence-electron chi connectivity index (χ0n) is 27.0. The number of anilines is 2. The van der Waals surface area contributed by atoms with Crippen molar-refractivity contribution in [3.63, 3.8) is 0 Å². The van der Waals surface area contributed by atoms with Crippen molar-refractivity contribution in [1.82, 2.24) is 14.8 Å². The molecule has 3 aromatic rings. The summed E-state index contributed by atoms with van der Waals surface area (Å²) in [7, 11) is 5.49. The lowest BCUT2D eigenvalue weighted by Crippen LogP contribution is -2.33. The molecular weight excluding hydrogens is 554 g/mol. The molecule has 9 nitrogen and oxygen atoms in total. The van der Waals surface area contributed by atoms with E-state index in [1.807, 2.05) is 49.0 Å². The van der Waals surface area contributed by atoms with Crippen LogP contribution in [-0.2, 0) is 28.6 Å². The van der Waals surface area contributed by atoms with E-state index in [4.69, 9.17) is 4.74 Å². The minimum Gasteiger partial charge on any atom is -0.492 e. The fraction of sp³-hybridized carbons (Fsp3) is 0.514. The molecular formula is C35H47N5O4. The van der Waals surface area contributed by atoms with Crippen LogP contribution in [0.2, 0.25) is 0 Å². The molecule has 2 aromatic carbocycles. The van der Waals surface area contributed by atoms with Gasteiger partial charge in [-0.1, -0.05) is 39.0 Å². The quantitative estimate of drug-likeness (QED) is 0.233. The second kappa shape index (κ2) is 13.1. The van der Waals surface area contributed by atoms with Crippen LogP contribution < -0.4 is 20.7 Å². The lowest BCUT2D eigenvalue weighted by molar-refractivity contribution is -0.123. The van der Waals surface area contributed by atoms with Crippen molar-refractivity contribution < 1.29 is 19.1 Å². The van der Waals surface area contributed by atoms with Crippen LogP contribution >= 0.6 is 0 Å². The number of nitrogens with zero attached hydrogens (tertiary/aromatic N) is 2. The van der Waals surface area contributed by atoms with Gasteiger partial charge in [0.1, 0.15) is 11.5 Å². The number of nitrogens with one attached hydrogen (secondary N) is 3. The minimum absolute atomic E-state index is 0.0190. The topological polar surface area (TPSA) is 105 Å². The number of para-hydroxylation sites is 1. The summed E-state index contributed by atoms with van der Waals surface area (Å²) in [6.45, 7) is 8.68. The van der Waals surface area contributed by atoms with Gasteiger partial charge in [-0.3, -0.25) is 19.3 Å². The fourth-order valence-electron chi connectivity index (χ4n) is 6.19. The predicted octanol–water partition coefficient (Wildman–Crippen LogP) is 5.62. The zero-order valence-corrected chi connectivity index (χ0v) is 27.0. The summed E-state index contributed by atoms with van der Waals surface area (Å²) in [5.74, 6) is 0.532. The van der Waals surface area contributed by atoms with Gasteiger partial charge in [-0.05, 0) is 87.0 Å². The van der Waals surface area contributed by atoms with Crippen LogP contribution in [0.25, 0.3) is 10.9 Å². The summed E-state index contributed by atoms with van der Waals surface area (Å²) < 4.78 is 7.66. The predicted molar refractivity (Wildman–Crippen MR) is 176 cm³/mol. The number of hydrogen-bond donors (Lipinski definition) is 3. The summed E-state index contributed by atoms with van der Waals surface area (Å²) in [4.78, 5) is 41.2. The number of amides is 2. The van der Waals surface area contributed by atoms with E-state index in [0.29, 0.717) is 41.6 Å². The van der Waals surface area contributed by atoms with Crippen LogP contribution in [-0.4, -0.2) is 60.4 Å². The Labute approximate surface area is 260 Å². The molecule has 3 N–H and O–H groups in total. The molecule has 0 spiro atoms. The molecule has 5 rings (SSSR count). The first kappa shape index (κ1) is 31.7. The Kier molecular flexibility index (Phi) is 9.46. The van der Waals surface area contributed by atoms with E-state index in [1.54, 1.807) is 7.11 Å². The molecule has 236 valence electrons. The number of benzene rings is 2. The van der Waals surface area contributed by atoms with Gasteiger partial charge in [0.05, 0.1) is 30.0 Å². The van der Waals surface area contributed by atoms with Crippen LogP contribution in [0.4, 0.5) is 11.4 Å². The number of Topliss-reactive ketones (excluding diaryl/α,β-unsaturated/α-hetero) is 1. The second-order valence-electron chi connectivity index (χ2n) is 13.4. The first-order chi connectivity index (χ1) is 21.0. The maximum atomic E-state index is 13.8. The van der Waals surface area contributed by atoms with Crippen LogP contribution in [0.1, 0.15) is 80.9 Å². The number of hydrogen-bond acceptors (Lipinski definition) is 6. The molecule has 9 heteroatoms. The largest absolute Gasteiger partial charge is 0.492 e. The van der Waals surface area contributed by atoms with E-state index >= 15 is 0 Å². The lowest BCUT2D eigenvalue weighted by Gasteiger charge is -2.24. The van der Waals surface area contributed by atoms with Crippen molar-refractivity contribution in [2.75, 3.05) is 37.9 Å². The molecule has 1 aliphatic heterocycles. The van der Waals surface area contributed by atoms with Crippen LogP contribution in [0, 0.1) is 5.92 Å². The molecule has 1 saturated carbocycles. The number of carbonyl (C=O) groups is 3. The van der Waals surface area contributed by atoms with Crippen molar-refractivity contribution in [2.24, 2.45) is 13.0 Å². The van der Waals surface area contributed by atoms with Gasteiger partial charge in [-0.15, -0.1) is 0 Å². The Morgan fingerprint density at radius 3 is 2.36 bits per heavy atom. The Balaban J connectivity index is 1.31. The molecule has 0 unspecified atom stereocenters. The molecule has 1 saturated heterocycles. The molecule has 0 radical (unpaired) electrons. The average Bonchev–Trinajstić information content (AvgIpc) is 3.66. The third-order valence-electron chi connectivity index (χ3n) is 8.97. The summed E-state index contributed by atoms with van der Waals surface area (Å²) >= 11 is 0. The molecule has 0 bridgehead atoms. The number of likely N-dealkylation sites (N-methyl/N-ethyl adjacent to an activating group) is 1. The zero-order chi connectivity index (χ0) is 31.6. The van der Waals surface area contributed by atoms with E-state index < -0.39 is 0 Å². The number of aromatic nitrogens is 1. The monoisotopic (exact) mass is 601 g/mol. The first-order valence-corrected chi connectivity index (χ1v) is 15.8. The Morgan fingerprint density at radius 2 is 1.73 bits per heavy atom. The molecule has 1 atom stereocenters. The van der Waals surface area contributed by atoms with Gasteiger partial charge >= 0.3 is 0 Å².